The van der Waals surface area contributed by atoms with Crippen molar-refractivity contribution in [3.63, 3.8) is 0 Å². The van der Waals surface area contributed by atoms with Crippen molar-refractivity contribution in [1.82, 2.24) is 10.2 Å². The third-order valence-corrected chi connectivity index (χ3v) is 5.62. The summed E-state index contributed by atoms with van der Waals surface area (Å²) in [4.78, 5) is 50.9. The van der Waals surface area contributed by atoms with E-state index in [4.69, 9.17) is 4.74 Å². The van der Waals surface area contributed by atoms with E-state index in [-0.39, 0.29) is 31.1 Å². The molecule has 2 fully saturated rings. The molecule has 0 spiro atoms. The van der Waals surface area contributed by atoms with Gasteiger partial charge in [-0.2, -0.15) is 0 Å². The largest absolute Gasteiger partial charge is 0.480 e. The predicted molar refractivity (Wildman–Crippen MR) is 106 cm³/mol. The highest BCUT2D eigenvalue weighted by atomic mass is 16.5. The van der Waals surface area contributed by atoms with Crippen LogP contribution >= 0.6 is 0 Å². The van der Waals surface area contributed by atoms with Crippen LogP contribution < -0.4 is 5.32 Å². The van der Waals surface area contributed by atoms with Crippen LogP contribution in [0.4, 0.5) is 0 Å². The number of carboxylic acid groups (broad SMARTS) is 1. The fourth-order valence-electron chi connectivity index (χ4n) is 3.84. The molecule has 0 aromatic rings. The molecule has 0 unspecified atom stereocenters. The second-order valence-corrected chi connectivity index (χ2v) is 8.08. The van der Waals surface area contributed by atoms with Crippen LogP contribution in [0, 0.1) is 5.92 Å². The van der Waals surface area contributed by atoms with E-state index >= 15 is 0 Å². The predicted octanol–water partition coefficient (Wildman–Crippen LogP) is 1.90. The van der Waals surface area contributed by atoms with Crippen molar-refractivity contribution in [2.75, 3.05) is 26.3 Å². The molecular weight excluding hydrogens is 376 g/mol. The summed E-state index contributed by atoms with van der Waals surface area (Å²) in [6.07, 6.45) is 7.88. The number of carbonyl (C=O) groups excluding carboxylic acids is 3. The third-order valence-electron chi connectivity index (χ3n) is 5.62. The normalized spacial score (nSPS) is 26.1. The molecule has 2 saturated heterocycles. The molecule has 8 heteroatoms. The molecule has 2 rings (SSSR count). The number of carbonyl (C=O) groups is 4. The lowest BCUT2D eigenvalue weighted by molar-refractivity contribution is -0.145. The van der Waals surface area contributed by atoms with Crippen LogP contribution in [-0.4, -0.2) is 65.9 Å². The molecule has 0 aromatic heterocycles. The highest BCUT2D eigenvalue weighted by Gasteiger charge is 2.31. The number of likely N-dealkylation sites (tertiary alicyclic amines) is 1. The molecule has 0 radical (unpaired) electrons. The summed E-state index contributed by atoms with van der Waals surface area (Å²) in [6, 6.07) is -1.19. The van der Waals surface area contributed by atoms with Gasteiger partial charge < -0.3 is 20.1 Å². The molecule has 0 bridgehead atoms. The molecule has 2 heterocycles. The highest BCUT2D eigenvalue weighted by molar-refractivity contribution is 5.92. The van der Waals surface area contributed by atoms with Gasteiger partial charge in [0.2, 0.25) is 11.8 Å². The molecular formula is C21H34N2O6. The molecule has 2 aliphatic rings. The Morgan fingerprint density at radius 2 is 1.66 bits per heavy atom. The van der Waals surface area contributed by atoms with Gasteiger partial charge in [-0.05, 0) is 25.7 Å². The summed E-state index contributed by atoms with van der Waals surface area (Å²) in [6.45, 7) is 1.68. The molecule has 0 aromatic carbocycles. The van der Waals surface area contributed by atoms with Crippen LogP contribution in [0.5, 0.6) is 0 Å². The van der Waals surface area contributed by atoms with Crippen molar-refractivity contribution in [2.24, 2.45) is 5.92 Å². The number of hydrogen-bond donors (Lipinski definition) is 2. The van der Waals surface area contributed by atoms with E-state index in [1.165, 1.54) is 0 Å². The number of rotatable bonds is 3. The molecule has 164 valence electrons. The lowest BCUT2D eigenvalue weighted by atomic mass is 9.94. The number of ether oxygens (including phenoxy) is 1. The van der Waals surface area contributed by atoms with Gasteiger partial charge in [-0.1, -0.05) is 25.7 Å². The maximum Gasteiger partial charge on any atom is 0.328 e. The van der Waals surface area contributed by atoms with Crippen LogP contribution in [0.15, 0.2) is 0 Å². The van der Waals surface area contributed by atoms with Crippen LogP contribution in [0.25, 0.3) is 0 Å². The number of aliphatic carboxylic acids is 1. The minimum atomic E-state index is -1.19. The number of ketones is 1. The van der Waals surface area contributed by atoms with Gasteiger partial charge in [-0.25, -0.2) is 4.79 Å². The Hall–Kier alpha value is -1.96. The first kappa shape index (κ1) is 23.3. The molecule has 0 saturated carbocycles. The quantitative estimate of drug-likeness (QED) is 0.735. The standard InChI is InChI=1S/C21H34N2O6/c24-17-9-5-3-1-2-4-8-12-29-15-18(21(27)28)22-20(26)16(13-17)14-19(25)23-10-6-7-11-23/h16,18H,1-15H2,(H,22,26)(H,27,28)/t16-,18-/m0/s1. The Balaban J connectivity index is 2.05. The zero-order valence-electron chi connectivity index (χ0n) is 17.2. The number of hydrogen-bond acceptors (Lipinski definition) is 5. The van der Waals surface area contributed by atoms with Crippen LogP contribution in [0.3, 0.4) is 0 Å². The summed E-state index contributed by atoms with van der Waals surface area (Å²) in [5.74, 6) is -2.78. The number of Topliss-reactive ketones (excluding diaryl/α,β-unsaturated/α-hetero) is 1. The van der Waals surface area contributed by atoms with E-state index in [1.54, 1.807) is 4.90 Å². The first-order valence-electron chi connectivity index (χ1n) is 10.9. The maximum atomic E-state index is 12.8. The molecule has 2 aliphatic heterocycles. The van der Waals surface area contributed by atoms with Crippen LogP contribution in [-0.2, 0) is 23.9 Å². The van der Waals surface area contributed by atoms with Crippen molar-refractivity contribution < 1.29 is 29.0 Å². The van der Waals surface area contributed by atoms with E-state index in [9.17, 15) is 24.3 Å². The smallest absolute Gasteiger partial charge is 0.328 e. The SMILES string of the molecule is O=C1CCCCCCCCOC[C@@H](C(=O)O)NC(=O)[C@H](CC(=O)N2CCCC2)C1. The fourth-order valence-corrected chi connectivity index (χ4v) is 3.84. The Kier molecular flexibility index (Phi) is 10.1. The van der Waals surface area contributed by atoms with E-state index < -0.39 is 23.8 Å². The van der Waals surface area contributed by atoms with Crippen molar-refractivity contribution in [3.05, 3.63) is 0 Å². The van der Waals surface area contributed by atoms with Gasteiger partial charge in [0.25, 0.3) is 0 Å². The van der Waals surface area contributed by atoms with Gasteiger partial charge in [0.15, 0.2) is 6.04 Å². The summed E-state index contributed by atoms with van der Waals surface area (Å²) in [5, 5.41) is 11.9. The van der Waals surface area contributed by atoms with Gasteiger partial charge in [0.1, 0.15) is 5.78 Å². The van der Waals surface area contributed by atoms with E-state index in [1.807, 2.05) is 0 Å². The van der Waals surface area contributed by atoms with E-state index in [0.717, 1.165) is 51.4 Å². The Morgan fingerprint density at radius 1 is 1.00 bits per heavy atom. The zero-order valence-corrected chi connectivity index (χ0v) is 17.2. The second-order valence-electron chi connectivity index (χ2n) is 8.08. The summed E-state index contributed by atoms with van der Waals surface area (Å²) >= 11 is 0. The number of nitrogens with one attached hydrogen (secondary N) is 1. The maximum absolute atomic E-state index is 12.8. The monoisotopic (exact) mass is 410 g/mol. The second kappa shape index (κ2) is 12.6. The summed E-state index contributed by atoms with van der Waals surface area (Å²) in [5.41, 5.74) is 0. The highest BCUT2D eigenvalue weighted by Crippen LogP contribution is 2.18. The molecule has 8 nitrogen and oxygen atoms in total. The minimum absolute atomic E-state index is 0.0292. The topological polar surface area (TPSA) is 113 Å². The summed E-state index contributed by atoms with van der Waals surface area (Å²) < 4.78 is 5.44. The number of carboxylic acids is 1. The number of amides is 2. The van der Waals surface area contributed by atoms with E-state index in [0.29, 0.717) is 26.1 Å². The van der Waals surface area contributed by atoms with Crippen LogP contribution in [0.2, 0.25) is 0 Å². The van der Waals surface area contributed by atoms with Crippen molar-refractivity contribution >= 4 is 23.6 Å². The third kappa shape index (κ3) is 8.51. The first-order chi connectivity index (χ1) is 14.0. The lowest BCUT2D eigenvalue weighted by Gasteiger charge is -2.22. The van der Waals surface area contributed by atoms with Crippen molar-refractivity contribution in [1.29, 1.82) is 0 Å². The molecule has 0 aliphatic carbocycles. The van der Waals surface area contributed by atoms with Crippen LogP contribution in [0.1, 0.15) is 70.6 Å². The lowest BCUT2D eigenvalue weighted by Crippen LogP contribution is -2.47. The van der Waals surface area contributed by atoms with Gasteiger partial charge in [-0.3, -0.25) is 14.4 Å². The first-order valence-corrected chi connectivity index (χ1v) is 10.9. The van der Waals surface area contributed by atoms with Gasteiger partial charge in [0.05, 0.1) is 12.5 Å². The zero-order chi connectivity index (χ0) is 21.1. The number of nitrogens with zero attached hydrogens (tertiary/aromatic N) is 1. The average Bonchev–Trinajstić information content (AvgIpc) is 3.21. The molecule has 2 atom stereocenters. The molecule has 2 amide bonds. The van der Waals surface area contributed by atoms with Crippen molar-refractivity contribution in [2.45, 2.75) is 76.7 Å². The van der Waals surface area contributed by atoms with Crippen molar-refractivity contribution in [3.8, 4) is 0 Å². The Labute approximate surface area is 172 Å². The van der Waals surface area contributed by atoms with Gasteiger partial charge in [-0.15, -0.1) is 0 Å². The molecule has 2 N–H and O–H groups in total. The Bertz CT molecular complexity index is 574. The average molecular weight is 411 g/mol. The van der Waals surface area contributed by atoms with Gasteiger partial charge >= 0.3 is 5.97 Å². The Morgan fingerprint density at radius 3 is 2.34 bits per heavy atom. The minimum Gasteiger partial charge on any atom is -0.480 e. The fraction of sp³-hybridized carbons (Fsp3) is 0.810. The molecule has 29 heavy (non-hydrogen) atoms. The van der Waals surface area contributed by atoms with E-state index in [2.05, 4.69) is 5.32 Å². The summed E-state index contributed by atoms with van der Waals surface area (Å²) in [7, 11) is 0. The van der Waals surface area contributed by atoms with Gasteiger partial charge in [0, 0.05) is 39.0 Å².